The van der Waals surface area contributed by atoms with Crippen LogP contribution in [0.3, 0.4) is 0 Å². The van der Waals surface area contributed by atoms with E-state index in [0.29, 0.717) is 19.3 Å². The Kier molecular flexibility index (Phi) is 29.6. The Morgan fingerprint density at radius 1 is 0.632 bits per heavy atom. The summed E-state index contributed by atoms with van der Waals surface area (Å²) in [4.78, 5) is 28.8. The van der Waals surface area contributed by atoms with Crippen LogP contribution in [0.25, 0.3) is 0 Å². The second-order valence-electron chi connectivity index (χ2n) is 3.43. The standard InChI is InChI=1S/3C4H8O2.H2O/c3*1-2-3-4(5)6;/h3*2-3H2,1H3,(H,5,6);1H2. The number of carboxylic acid groups (broad SMARTS) is 3. The van der Waals surface area contributed by atoms with E-state index >= 15 is 0 Å². The highest BCUT2D eigenvalue weighted by Crippen LogP contribution is 1.83. The van der Waals surface area contributed by atoms with Gasteiger partial charge in [0, 0.05) is 19.3 Å². The summed E-state index contributed by atoms with van der Waals surface area (Å²) in [6.45, 7) is 5.52. The first-order valence-electron chi connectivity index (χ1n) is 5.97. The van der Waals surface area contributed by atoms with E-state index in [-0.39, 0.29) is 5.48 Å². The number of carboxylic acids is 3. The van der Waals surface area contributed by atoms with Crippen molar-refractivity contribution in [1.29, 1.82) is 0 Å². The lowest BCUT2D eigenvalue weighted by atomic mass is 10.4. The minimum atomic E-state index is -0.711. The second-order valence-corrected chi connectivity index (χ2v) is 3.43. The first kappa shape index (κ1) is 26.0. The molecule has 0 atom stereocenters. The van der Waals surface area contributed by atoms with Crippen LogP contribution in [0.2, 0.25) is 0 Å². The van der Waals surface area contributed by atoms with Crippen molar-refractivity contribution in [2.24, 2.45) is 0 Å². The van der Waals surface area contributed by atoms with Gasteiger partial charge in [0.1, 0.15) is 0 Å². The second kappa shape index (κ2) is 21.6. The van der Waals surface area contributed by atoms with Gasteiger partial charge < -0.3 is 20.8 Å². The van der Waals surface area contributed by atoms with Gasteiger partial charge in [0.05, 0.1) is 0 Å². The first-order chi connectivity index (χ1) is 8.31. The fourth-order valence-corrected chi connectivity index (χ4v) is 0.642. The largest absolute Gasteiger partial charge is 0.481 e. The summed E-state index contributed by atoms with van der Waals surface area (Å²) in [5, 5.41) is 23.7. The van der Waals surface area contributed by atoms with Gasteiger partial charge in [-0.15, -0.1) is 0 Å². The molecule has 0 aromatic rings. The SMILES string of the molecule is CCCC(=O)O.CCCC(=O)O.CCCC(=O)O.O. The minimum absolute atomic E-state index is 0. The van der Waals surface area contributed by atoms with Crippen molar-refractivity contribution < 1.29 is 35.2 Å². The zero-order chi connectivity index (χ0) is 15.0. The molecule has 116 valence electrons. The van der Waals surface area contributed by atoms with E-state index < -0.39 is 17.9 Å². The predicted molar refractivity (Wildman–Crippen MR) is 71.2 cm³/mol. The molecule has 0 fully saturated rings. The summed E-state index contributed by atoms with van der Waals surface area (Å²) in [6.07, 6.45) is 3.07. The highest BCUT2D eigenvalue weighted by atomic mass is 16.4. The Balaban J connectivity index is -0.0000000865. The van der Waals surface area contributed by atoms with Gasteiger partial charge >= 0.3 is 17.9 Å². The molecule has 0 aliphatic heterocycles. The first-order valence-corrected chi connectivity index (χ1v) is 5.97. The van der Waals surface area contributed by atoms with Crippen molar-refractivity contribution >= 4 is 17.9 Å². The molecule has 0 bridgehead atoms. The monoisotopic (exact) mass is 282 g/mol. The van der Waals surface area contributed by atoms with Gasteiger partial charge in [-0.25, -0.2) is 0 Å². The van der Waals surface area contributed by atoms with Crippen LogP contribution in [-0.4, -0.2) is 38.7 Å². The molecular formula is C12H26O7. The molecule has 0 saturated heterocycles. The third-order valence-corrected chi connectivity index (χ3v) is 1.39. The average Bonchev–Trinajstić information content (AvgIpc) is 2.18. The number of carbonyl (C=O) groups is 3. The van der Waals surface area contributed by atoms with Crippen LogP contribution in [-0.2, 0) is 14.4 Å². The maximum absolute atomic E-state index is 9.60. The summed E-state index contributed by atoms with van der Waals surface area (Å²) in [5.74, 6) is -2.13. The quantitative estimate of drug-likeness (QED) is 0.677. The lowest BCUT2D eigenvalue weighted by Gasteiger charge is -1.79. The Labute approximate surface area is 113 Å². The van der Waals surface area contributed by atoms with Gasteiger partial charge in [0.15, 0.2) is 0 Å². The fraction of sp³-hybridized carbons (Fsp3) is 0.750. The average molecular weight is 282 g/mol. The maximum atomic E-state index is 9.60. The molecule has 0 unspecified atom stereocenters. The minimum Gasteiger partial charge on any atom is -0.481 e. The third kappa shape index (κ3) is 62.2. The van der Waals surface area contributed by atoms with Gasteiger partial charge in [-0.3, -0.25) is 14.4 Å². The van der Waals surface area contributed by atoms with Crippen LogP contribution in [0.15, 0.2) is 0 Å². The molecule has 0 spiro atoms. The smallest absolute Gasteiger partial charge is 0.303 e. The number of hydrogen-bond acceptors (Lipinski definition) is 3. The zero-order valence-electron chi connectivity index (χ0n) is 11.8. The summed E-state index contributed by atoms with van der Waals surface area (Å²) in [7, 11) is 0. The van der Waals surface area contributed by atoms with E-state index in [4.69, 9.17) is 15.3 Å². The number of hydrogen-bond donors (Lipinski definition) is 3. The molecule has 0 aromatic carbocycles. The van der Waals surface area contributed by atoms with Crippen LogP contribution in [0, 0.1) is 0 Å². The normalized spacial score (nSPS) is 7.74. The molecule has 7 heteroatoms. The molecule has 7 nitrogen and oxygen atoms in total. The van der Waals surface area contributed by atoms with Crippen LogP contribution < -0.4 is 0 Å². The van der Waals surface area contributed by atoms with Crippen LogP contribution in [0.1, 0.15) is 59.3 Å². The van der Waals surface area contributed by atoms with Crippen molar-refractivity contribution in [3.05, 3.63) is 0 Å². The highest BCUT2D eigenvalue weighted by molar-refractivity contribution is 5.67. The summed E-state index contributed by atoms with van der Waals surface area (Å²) < 4.78 is 0. The van der Waals surface area contributed by atoms with Gasteiger partial charge in [-0.1, -0.05) is 20.8 Å². The fourth-order valence-electron chi connectivity index (χ4n) is 0.642. The van der Waals surface area contributed by atoms with E-state index in [1.54, 1.807) is 0 Å². The van der Waals surface area contributed by atoms with Gasteiger partial charge in [0.2, 0.25) is 0 Å². The number of rotatable bonds is 6. The van der Waals surface area contributed by atoms with E-state index in [2.05, 4.69) is 0 Å². The third-order valence-electron chi connectivity index (χ3n) is 1.39. The molecule has 19 heavy (non-hydrogen) atoms. The molecule has 0 aliphatic carbocycles. The summed E-state index contributed by atoms with van der Waals surface area (Å²) in [6, 6.07) is 0. The Hall–Kier alpha value is -1.63. The molecule has 0 heterocycles. The van der Waals surface area contributed by atoms with E-state index in [0.717, 1.165) is 19.3 Å². The maximum Gasteiger partial charge on any atom is 0.303 e. The van der Waals surface area contributed by atoms with Gasteiger partial charge in [-0.05, 0) is 19.3 Å². The number of aliphatic carboxylic acids is 3. The molecule has 0 rings (SSSR count). The van der Waals surface area contributed by atoms with Crippen LogP contribution >= 0.6 is 0 Å². The van der Waals surface area contributed by atoms with Crippen molar-refractivity contribution in [3.8, 4) is 0 Å². The zero-order valence-corrected chi connectivity index (χ0v) is 11.8. The molecule has 0 saturated carbocycles. The highest BCUT2D eigenvalue weighted by Gasteiger charge is 1.88. The topological polar surface area (TPSA) is 143 Å². The molecule has 0 aromatic heterocycles. The Morgan fingerprint density at radius 2 is 0.789 bits per heavy atom. The van der Waals surface area contributed by atoms with Crippen molar-refractivity contribution in [2.45, 2.75) is 59.3 Å². The lowest BCUT2D eigenvalue weighted by molar-refractivity contribution is -0.138. The van der Waals surface area contributed by atoms with E-state index in [1.165, 1.54) is 0 Å². The Bertz CT molecular complexity index is 188. The van der Waals surface area contributed by atoms with E-state index in [1.807, 2.05) is 20.8 Å². The van der Waals surface area contributed by atoms with Crippen LogP contribution in [0.5, 0.6) is 0 Å². The Morgan fingerprint density at radius 3 is 0.789 bits per heavy atom. The van der Waals surface area contributed by atoms with E-state index in [9.17, 15) is 14.4 Å². The van der Waals surface area contributed by atoms with Crippen LogP contribution in [0.4, 0.5) is 0 Å². The van der Waals surface area contributed by atoms with Crippen molar-refractivity contribution in [3.63, 3.8) is 0 Å². The summed E-state index contributed by atoms with van der Waals surface area (Å²) >= 11 is 0. The molecule has 5 N–H and O–H groups in total. The summed E-state index contributed by atoms with van der Waals surface area (Å²) in [5.41, 5.74) is 0. The van der Waals surface area contributed by atoms with Gasteiger partial charge in [0.25, 0.3) is 0 Å². The molecule has 0 radical (unpaired) electrons. The molecule has 0 amide bonds. The van der Waals surface area contributed by atoms with Crippen molar-refractivity contribution in [1.82, 2.24) is 0 Å². The van der Waals surface area contributed by atoms with Crippen molar-refractivity contribution in [2.75, 3.05) is 0 Å². The predicted octanol–water partition coefficient (Wildman–Crippen LogP) is 1.79. The molecule has 0 aliphatic rings. The lowest BCUT2D eigenvalue weighted by Crippen LogP contribution is -1.90. The van der Waals surface area contributed by atoms with Gasteiger partial charge in [-0.2, -0.15) is 0 Å². The molecular weight excluding hydrogens is 256 g/mol.